The molecule has 0 aliphatic heterocycles. The summed E-state index contributed by atoms with van der Waals surface area (Å²) in [6, 6.07) is 25.4. The molecule has 0 saturated carbocycles. The molecule has 8 heteroatoms. The van der Waals surface area contributed by atoms with Crippen LogP contribution in [0.25, 0.3) is 11.1 Å². The van der Waals surface area contributed by atoms with Crippen molar-refractivity contribution in [2.75, 3.05) is 12.4 Å². The molecule has 0 radical (unpaired) electrons. The Morgan fingerprint density at radius 2 is 1.66 bits per heavy atom. The van der Waals surface area contributed by atoms with Gasteiger partial charge in [-0.05, 0) is 47.9 Å². The van der Waals surface area contributed by atoms with Crippen molar-refractivity contribution < 1.29 is 19.4 Å². The molecule has 1 aromatic heterocycles. The number of pyridine rings is 1. The fourth-order valence-electron chi connectivity index (χ4n) is 4.03. The summed E-state index contributed by atoms with van der Waals surface area (Å²) < 4.78 is 5.39. The van der Waals surface area contributed by atoms with E-state index in [1.807, 2.05) is 54.6 Å². The van der Waals surface area contributed by atoms with Crippen LogP contribution in [0.3, 0.4) is 0 Å². The van der Waals surface area contributed by atoms with Gasteiger partial charge in [-0.25, -0.2) is 9.78 Å². The zero-order chi connectivity index (χ0) is 26.2. The maximum absolute atomic E-state index is 13.1. The highest BCUT2D eigenvalue weighted by Gasteiger charge is 2.23. The second-order valence-electron chi connectivity index (χ2n) is 8.74. The van der Waals surface area contributed by atoms with E-state index in [-0.39, 0.29) is 25.5 Å². The maximum Gasteiger partial charge on any atom is 0.326 e. The number of aliphatic carboxylic acids is 1. The Labute approximate surface area is 229 Å². The molecule has 196 valence electrons. The van der Waals surface area contributed by atoms with E-state index >= 15 is 0 Å². The molecule has 7 nitrogen and oxygen atoms in total. The van der Waals surface area contributed by atoms with Crippen molar-refractivity contribution >= 4 is 31.2 Å². The van der Waals surface area contributed by atoms with Crippen molar-refractivity contribution in [2.45, 2.75) is 25.9 Å². The lowest BCUT2D eigenvalue weighted by Gasteiger charge is -2.17. The predicted octanol–water partition coefficient (Wildman–Crippen LogP) is 5.22. The van der Waals surface area contributed by atoms with E-state index in [9.17, 15) is 14.7 Å². The van der Waals surface area contributed by atoms with Gasteiger partial charge in [0.05, 0.1) is 12.7 Å². The van der Waals surface area contributed by atoms with Crippen LogP contribution in [0.1, 0.15) is 27.0 Å². The SMILES string of the molecule is COc1ccc(-c2ccc(NCc3cccc(C)c3)nc2)cc1C(=O)N[C@@H](Cc1ccccc1)C(=O)O.S. The van der Waals surface area contributed by atoms with E-state index < -0.39 is 17.9 Å². The second kappa shape index (κ2) is 13.3. The predicted molar refractivity (Wildman–Crippen MR) is 154 cm³/mol. The first kappa shape index (κ1) is 28.3. The van der Waals surface area contributed by atoms with E-state index in [2.05, 4.69) is 40.7 Å². The van der Waals surface area contributed by atoms with Gasteiger partial charge in [0, 0.05) is 24.7 Å². The minimum atomic E-state index is -1.11. The highest BCUT2D eigenvalue weighted by atomic mass is 32.1. The molecule has 0 saturated heterocycles. The molecule has 0 spiro atoms. The van der Waals surface area contributed by atoms with Gasteiger partial charge >= 0.3 is 5.97 Å². The number of rotatable bonds is 10. The van der Waals surface area contributed by atoms with Gasteiger partial charge in [-0.15, -0.1) is 0 Å². The third-order valence-corrected chi connectivity index (χ3v) is 5.98. The number of carbonyl (C=O) groups is 2. The molecule has 1 atom stereocenters. The molecule has 3 aromatic carbocycles. The monoisotopic (exact) mass is 529 g/mol. The van der Waals surface area contributed by atoms with E-state index in [1.165, 1.54) is 18.2 Å². The fourth-order valence-corrected chi connectivity index (χ4v) is 4.03. The normalized spacial score (nSPS) is 11.1. The van der Waals surface area contributed by atoms with Gasteiger partial charge in [0.25, 0.3) is 5.91 Å². The summed E-state index contributed by atoms with van der Waals surface area (Å²) in [5, 5.41) is 15.6. The Hall–Kier alpha value is -4.30. The number of nitrogens with one attached hydrogen (secondary N) is 2. The molecule has 0 aliphatic rings. The van der Waals surface area contributed by atoms with Crippen LogP contribution in [0.5, 0.6) is 5.75 Å². The van der Waals surface area contributed by atoms with Crippen LogP contribution in [0.2, 0.25) is 0 Å². The third-order valence-electron chi connectivity index (χ3n) is 5.98. The van der Waals surface area contributed by atoms with E-state index in [1.54, 1.807) is 18.3 Å². The lowest BCUT2D eigenvalue weighted by Crippen LogP contribution is -2.42. The molecule has 1 heterocycles. The minimum Gasteiger partial charge on any atom is -0.496 e. The van der Waals surface area contributed by atoms with Crippen molar-refractivity contribution in [2.24, 2.45) is 0 Å². The highest BCUT2D eigenvalue weighted by Crippen LogP contribution is 2.27. The Bertz CT molecular complexity index is 1380. The van der Waals surface area contributed by atoms with Crippen molar-refractivity contribution in [3.05, 3.63) is 113 Å². The number of carboxylic acid groups (broad SMARTS) is 1. The van der Waals surface area contributed by atoms with E-state index in [0.717, 1.165) is 22.5 Å². The number of benzene rings is 3. The number of hydrogen-bond acceptors (Lipinski definition) is 5. The van der Waals surface area contributed by atoms with Crippen LogP contribution in [0.15, 0.2) is 91.1 Å². The van der Waals surface area contributed by atoms with E-state index in [0.29, 0.717) is 12.3 Å². The molecule has 0 aliphatic carbocycles. The number of aryl methyl sites for hydroxylation is 1. The van der Waals surface area contributed by atoms with Crippen molar-refractivity contribution in [3.63, 3.8) is 0 Å². The quantitative estimate of drug-likeness (QED) is 0.261. The fraction of sp³-hybridized carbons (Fsp3) is 0.167. The number of carboxylic acids is 1. The Kier molecular flexibility index (Phi) is 9.90. The molecule has 0 unspecified atom stereocenters. The van der Waals surface area contributed by atoms with Gasteiger partial charge < -0.3 is 20.5 Å². The van der Waals surface area contributed by atoms with Crippen LogP contribution in [0, 0.1) is 6.92 Å². The first-order chi connectivity index (χ1) is 17.9. The summed E-state index contributed by atoms with van der Waals surface area (Å²) >= 11 is 0. The standard InChI is InChI=1S/C30H29N3O4.H2S/c1-20-7-6-10-22(15-20)18-31-28-14-12-24(19-32-28)23-11-13-27(37-2)25(17-23)29(34)33-26(30(35)36)16-21-8-4-3-5-9-21;/h3-15,17,19,26H,16,18H2,1-2H3,(H,31,32)(H,33,34)(H,35,36);1H2/t26-;/m0./s1. The summed E-state index contributed by atoms with van der Waals surface area (Å²) in [4.78, 5) is 29.5. The van der Waals surface area contributed by atoms with E-state index in [4.69, 9.17) is 4.74 Å². The summed E-state index contributed by atoms with van der Waals surface area (Å²) in [7, 11) is 1.47. The summed E-state index contributed by atoms with van der Waals surface area (Å²) in [6.07, 6.45) is 1.91. The number of carbonyl (C=O) groups excluding carboxylic acids is 1. The zero-order valence-electron chi connectivity index (χ0n) is 21.3. The third kappa shape index (κ3) is 7.36. The average Bonchev–Trinajstić information content (AvgIpc) is 2.92. The van der Waals surface area contributed by atoms with Crippen LogP contribution < -0.4 is 15.4 Å². The topological polar surface area (TPSA) is 101 Å². The molecule has 4 rings (SSSR count). The largest absolute Gasteiger partial charge is 0.496 e. The second-order valence-corrected chi connectivity index (χ2v) is 8.74. The van der Waals surface area contributed by atoms with Crippen LogP contribution in [0.4, 0.5) is 5.82 Å². The van der Waals surface area contributed by atoms with Gasteiger partial charge in [0.15, 0.2) is 0 Å². The lowest BCUT2D eigenvalue weighted by atomic mass is 10.0. The van der Waals surface area contributed by atoms with Crippen LogP contribution in [-0.4, -0.2) is 35.1 Å². The average molecular weight is 530 g/mol. The summed E-state index contributed by atoms with van der Waals surface area (Å²) in [5.74, 6) is -0.534. The molecule has 0 fully saturated rings. The molecule has 1 amide bonds. The molecule has 4 aromatic rings. The summed E-state index contributed by atoms with van der Waals surface area (Å²) in [5.41, 5.74) is 5.02. The number of methoxy groups -OCH3 is 1. The van der Waals surface area contributed by atoms with Crippen molar-refractivity contribution in [3.8, 4) is 16.9 Å². The van der Waals surface area contributed by atoms with Crippen LogP contribution in [-0.2, 0) is 17.8 Å². The number of anilines is 1. The number of amides is 1. The Morgan fingerprint density at radius 1 is 0.921 bits per heavy atom. The van der Waals surface area contributed by atoms with Crippen molar-refractivity contribution in [1.82, 2.24) is 10.3 Å². The molecule has 3 N–H and O–H groups in total. The molecule has 38 heavy (non-hydrogen) atoms. The zero-order valence-corrected chi connectivity index (χ0v) is 22.3. The van der Waals surface area contributed by atoms with Gasteiger partial charge in [0.2, 0.25) is 0 Å². The number of aromatic nitrogens is 1. The summed E-state index contributed by atoms with van der Waals surface area (Å²) in [6.45, 7) is 2.72. The smallest absolute Gasteiger partial charge is 0.326 e. The molecular weight excluding hydrogens is 498 g/mol. The Morgan fingerprint density at radius 3 is 2.32 bits per heavy atom. The maximum atomic E-state index is 13.1. The molecule has 0 bridgehead atoms. The lowest BCUT2D eigenvalue weighted by molar-refractivity contribution is -0.139. The number of hydrogen-bond donors (Lipinski definition) is 3. The highest BCUT2D eigenvalue weighted by molar-refractivity contribution is 7.59. The van der Waals surface area contributed by atoms with Gasteiger partial charge in [0.1, 0.15) is 17.6 Å². The van der Waals surface area contributed by atoms with Gasteiger partial charge in [-0.2, -0.15) is 13.5 Å². The molecular formula is C30H31N3O4S. The van der Waals surface area contributed by atoms with Gasteiger partial charge in [-0.3, -0.25) is 4.79 Å². The number of ether oxygens (including phenoxy) is 1. The minimum absolute atomic E-state index is 0. The van der Waals surface area contributed by atoms with Crippen LogP contribution >= 0.6 is 13.5 Å². The Balaban J connectivity index is 0.00000400. The van der Waals surface area contributed by atoms with Crippen molar-refractivity contribution in [1.29, 1.82) is 0 Å². The number of nitrogens with zero attached hydrogens (tertiary/aromatic N) is 1. The first-order valence-electron chi connectivity index (χ1n) is 11.9. The first-order valence-corrected chi connectivity index (χ1v) is 11.9. The van der Waals surface area contributed by atoms with Gasteiger partial charge in [-0.1, -0.05) is 66.2 Å².